The molecule has 0 radical (unpaired) electrons. The minimum atomic E-state index is -0.223. The summed E-state index contributed by atoms with van der Waals surface area (Å²) >= 11 is 1.66. The van der Waals surface area contributed by atoms with Crippen LogP contribution in [0.4, 0.5) is 11.4 Å². The maximum atomic E-state index is 12.7. The molecule has 3 rings (SSSR count). The number of nitrogens with one attached hydrogen (secondary N) is 1. The van der Waals surface area contributed by atoms with Gasteiger partial charge in [-0.15, -0.1) is 11.3 Å². The molecular formula is C20H18N2O2S. The molecule has 0 bridgehead atoms. The van der Waals surface area contributed by atoms with Gasteiger partial charge in [-0.25, -0.2) is 0 Å². The van der Waals surface area contributed by atoms with Crippen LogP contribution in [0, 0.1) is 6.92 Å². The lowest BCUT2D eigenvalue weighted by atomic mass is 10.1. The molecule has 0 spiro atoms. The average Bonchev–Trinajstić information content (AvgIpc) is 3.06. The standard InChI is InChI=1S/C20H18N2O2S/c1-14-8-10-17(25-14)13-21-19-11-9-16(24-2)12-18(19)20(23)22-15-6-4-3-5-7-15/h3-13H,1-2H3,(H,22,23). The molecule has 0 aliphatic heterocycles. The van der Waals surface area contributed by atoms with Crippen LogP contribution in [-0.2, 0) is 0 Å². The second-order valence-electron chi connectivity index (χ2n) is 5.41. The molecule has 1 N–H and O–H groups in total. The van der Waals surface area contributed by atoms with Gasteiger partial charge in [0.05, 0.1) is 18.4 Å². The van der Waals surface area contributed by atoms with Crippen LogP contribution in [0.3, 0.4) is 0 Å². The van der Waals surface area contributed by atoms with Crippen molar-refractivity contribution in [3.8, 4) is 5.75 Å². The summed E-state index contributed by atoms with van der Waals surface area (Å²) in [6.07, 6.45) is 1.78. The normalized spacial score (nSPS) is 10.8. The molecule has 0 aliphatic carbocycles. The van der Waals surface area contributed by atoms with E-state index in [0.717, 1.165) is 10.6 Å². The van der Waals surface area contributed by atoms with Crippen LogP contribution in [0.5, 0.6) is 5.75 Å². The van der Waals surface area contributed by atoms with Gasteiger partial charge in [-0.3, -0.25) is 9.79 Å². The summed E-state index contributed by atoms with van der Waals surface area (Å²) in [4.78, 5) is 19.4. The Balaban J connectivity index is 1.90. The molecule has 3 aromatic rings. The number of aryl methyl sites for hydroxylation is 1. The molecule has 4 nitrogen and oxygen atoms in total. The SMILES string of the molecule is COc1ccc(N=Cc2ccc(C)s2)c(C(=O)Nc2ccccc2)c1. The predicted octanol–water partition coefficient (Wildman–Crippen LogP) is 5.07. The Labute approximate surface area is 150 Å². The maximum absolute atomic E-state index is 12.7. The molecule has 0 saturated carbocycles. The number of methoxy groups -OCH3 is 1. The first-order chi connectivity index (χ1) is 12.2. The van der Waals surface area contributed by atoms with Gasteiger partial charge < -0.3 is 10.1 Å². The summed E-state index contributed by atoms with van der Waals surface area (Å²) in [6.45, 7) is 2.05. The second kappa shape index (κ2) is 7.77. The van der Waals surface area contributed by atoms with Crippen molar-refractivity contribution in [1.29, 1.82) is 0 Å². The van der Waals surface area contributed by atoms with E-state index in [0.29, 0.717) is 17.0 Å². The van der Waals surface area contributed by atoms with Gasteiger partial charge in [0, 0.05) is 21.7 Å². The van der Waals surface area contributed by atoms with E-state index < -0.39 is 0 Å². The number of hydrogen-bond donors (Lipinski definition) is 1. The van der Waals surface area contributed by atoms with Crippen molar-refractivity contribution >= 4 is 34.8 Å². The fourth-order valence-electron chi connectivity index (χ4n) is 2.31. The van der Waals surface area contributed by atoms with E-state index in [-0.39, 0.29) is 5.91 Å². The molecular weight excluding hydrogens is 332 g/mol. The van der Waals surface area contributed by atoms with Crippen LogP contribution < -0.4 is 10.1 Å². The minimum Gasteiger partial charge on any atom is -0.497 e. The van der Waals surface area contributed by atoms with Crippen molar-refractivity contribution in [1.82, 2.24) is 0 Å². The molecule has 0 fully saturated rings. The number of anilines is 1. The smallest absolute Gasteiger partial charge is 0.257 e. The third-order valence-electron chi connectivity index (χ3n) is 3.57. The highest BCUT2D eigenvalue weighted by atomic mass is 32.1. The molecule has 25 heavy (non-hydrogen) atoms. The van der Waals surface area contributed by atoms with Crippen LogP contribution in [0.25, 0.3) is 0 Å². The van der Waals surface area contributed by atoms with Crippen LogP contribution >= 0.6 is 11.3 Å². The molecule has 2 aromatic carbocycles. The van der Waals surface area contributed by atoms with E-state index in [9.17, 15) is 4.79 Å². The van der Waals surface area contributed by atoms with Crippen molar-refractivity contribution < 1.29 is 9.53 Å². The van der Waals surface area contributed by atoms with Gasteiger partial charge in [-0.2, -0.15) is 0 Å². The summed E-state index contributed by atoms with van der Waals surface area (Å²) in [5.41, 5.74) is 1.80. The molecule has 0 atom stereocenters. The Morgan fingerprint density at radius 3 is 2.60 bits per heavy atom. The summed E-state index contributed by atoms with van der Waals surface area (Å²) in [5.74, 6) is 0.392. The van der Waals surface area contributed by atoms with Gasteiger partial charge in [-0.1, -0.05) is 18.2 Å². The van der Waals surface area contributed by atoms with E-state index in [4.69, 9.17) is 4.74 Å². The Hall–Kier alpha value is -2.92. The monoisotopic (exact) mass is 350 g/mol. The number of para-hydroxylation sites is 1. The fraction of sp³-hybridized carbons (Fsp3) is 0.100. The van der Waals surface area contributed by atoms with Gasteiger partial charge in [0.1, 0.15) is 5.75 Å². The largest absolute Gasteiger partial charge is 0.497 e. The highest BCUT2D eigenvalue weighted by Crippen LogP contribution is 2.26. The number of carbonyl (C=O) groups excluding carboxylic acids is 1. The van der Waals surface area contributed by atoms with Gasteiger partial charge in [0.25, 0.3) is 5.91 Å². The summed E-state index contributed by atoms with van der Waals surface area (Å²) in [7, 11) is 1.57. The number of thiophene rings is 1. The number of nitrogens with zero attached hydrogens (tertiary/aromatic N) is 1. The molecule has 0 unspecified atom stereocenters. The average molecular weight is 350 g/mol. The number of hydrogen-bond acceptors (Lipinski definition) is 4. The quantitative estimate of drug-likeness (QED) is 0.653. The number of benzene rings is 2. The van der Waals surface area contributed by atoms with Crippen LogP contribution in [0.1, 0.15) is 20.1 Å². The van der Waals surface area contributed by atoms with Crippen molar-refractivity contribution in [2.45, 2.75) is 6.92 Å². The van der Waals surface area contributed by atoms with E-state index in [1.54, 1.807) is 42.9 Å². The lowest BCUT2D eigenvalue weighted by Gasteiger charge is -2.09. The van der Waals surface area contributed by atoms with Crippen molar-refractivity contribution in [2.24, 2.45) is 4.99 Å². The zero-order chi connectivity index (χ0) is 17.6. The van der Waals surface area contributed by atoms with Crippen LogP contribution in [0.15, 0.2) is 65.7 Å². The third kappa shape index (κ3) is 4.33. The maximum Gasteiger partial charge on any atom is 0.257 e. The van der Waals surface area contributed by atoms with Crippen molar-refractivity contribution in [2.75, 3.05) is 12.4 Å². The molecule has 1 heterocycles. The Morgan fingerprint density at radius 1 is 1.12 bits per heavy atom. The van der Waals surface area contributed by atoms with Crippen LogP contribution in [-0.4, -0.2) is 19.2 Å². The summed E-state index contributed by atoms with van der Waals surface area (Å²) in [6, 6.07) is 18.7. The van der Waals surface area contributed by atoms with Gasteiger partial charge in [0.15, 0.2) is 0 Å². The molecule has 126 valence electrons. The zero-order valence-electron chi connectivity index (χ0n) is 14.0. The number of rotatable bonds is 5. The number of carbonyl (C=O) groups is 1. The van der Waals surface area contributed by atoms with Gasteiger partial charge in [0.2, 0.25) is 0 Å². The lowest BCUT2D eigenvalue weighted by molar-refractivity contribution is 0.102. The minimum absolute atomic E-state index is 0.223. The summed E-state index contributed by atoms with van der Waals surface area (Å²) < 4.78 is 5.25. The Morgan fingerprint density at radius 2 is 1.92 bits per heavy atom. The van der Waals surface area contributed by atoms with E-state index in [2.05, 4.69) is 10.3 Å². The Kier molecular flexibility index (Phi) is 5.26. The third-order valence-corrected chi connectivity index (χ3v) is 4.51. The van der Waals surface area contributed by atoms with Gasteiger partial charge >= 0.3 is 0 Å². The van der Waals surface area contributed by atoms with E-state index in [1.807, 2.05) is 49.4 Å². The fourth-order valence-corrected chi connectivity index (χ4v) is 3.06. The number of ether oxygens (including phenoxy) is 1. The molecule has 1 aromatic heterocycles. The molecule has 0 aliphatic rings. The molecule has 5 heteroatoms. The topological polar surface area (TPSA) is 50.7 Å². The first-order valence-corrected chi connectivity index (χ1v) is 8.62. The second-order valence-corrected chi connectivity index (χ2v) is 6.73. The molecule has 0 saturated heterocycles. The highest BCUT2D eigenvalue weighted by molar-refractivity contribution is 7.13. The van der Waals surface area contributed by atoms with Crippen molar-refractivity contribution in [3.63, 3.8) is 0 Å². The van der Waals surface area contributed by atoms with Crippen LogP contribution in [0.2, 0.25) is 0 Å². The Bertz CT molecular complexity index is 901. The van der Waals surface area contributed by atoms with Gasteiger partial charge in [-0.05, 0) is 49.4 Å². The van der Waals surface area contributed by atoms with E-state index >= 15 is 0 Å². The van der Waals surface area contributed by atoms with E-state index in [1.165, 1.54) is 4.88 Å². The number of amides is 1. The number of aliphatic imine (C=N–C) groups is 1. The molecule has 1 amide bonds. The van der Waals surface area contributed by atoms with Crippen molar-refractivity contribution in [3.05, 3.63) is 76.0 Å². The zero-order valence-corrected chi connectivity index (χ0v) is 14.8. The highest BCUT2D eigenvalue weighted by Gasteiger charge is 2.13. The predicted molar refractivity (Wildman–Crippen MR) is 104 cm³/mol. The summed E-state index contributed by atoms with van der Waals surface area (Å²) in [5, 5.41) is 2.89. The first-order valence-electron chi connectivity index (χ1n) is 7.80. The first kappa shape index (κ1) is 16.9. The lowest BCUT2D eigenvalue weighted by Crippen LogP contribution is -2.12.